The number of carbonyl (C=O) groups is 2. The molecule has 1 saturated heterocycles. The molecule has 148 valence electrons. The van der Waals surface area contributed by atoms with Crippen LogP contribution in [0.5, 0.6) is 0 Å². The van der Waals surface area contributed by atoms with Gasteiger partial charge >= 0.3 is 6.09 Å². The minimum atomic E-state index is -0.284. The highest BCUT2D eigenvalue weighted by molar-refractivity contribution is 6.03. The van der Waals surface area contributed by atoms with E-state index in [0.717, 1.165) is 24.1 Å². The highest BCUT2D eigenvalue weighted by atomic mass is 16.6. The molecule has 0 atom stereocenters. The van der Waals surface area contributed by atoms with Crippen LogP contribution in [-0.4, -0.2) is 52.6 Å². The Morgan fingerprint density at radius 1 is 1.25 bits per heavy atom. The fourth-order valence-electron chi connectivity index (χ4n) is 3.08. The lowest BCUT2D eigenvalue weighted by molar-refractivity contribution is 0.0980. The minimum absolute atomic E-state index is 0.140. The zero-order valence-electron chi connectivity index (χ0n) is 16.1. The molecule has 0 radical (unpaired) electrons. The molecule has 2 N–H and O–H groups in total. The zero-order chi connectivity index (χ0) is 19.9. The standard InChI is InChI=1S/C20H25N5O3/c1-3-28-20(27)25-11-8-15(9-12-25)23-19-21-10-7-17(24-19)18(26)22-16-6-4-5-14(2)13-16/h4-7,10,13,15H,3,8-9,11-12H2,1-2H3,(H,22,26)(H,21,23,24). The van der Waals surface area contributed by atoms with Gasteiger partial charge in [0.1, 0.15) is 5.69 Å². The molecule has 1 aliphatic rings. The second kappa shape index (κ2) is 9.16. The molecule has 1 aromatic carbocycles. The number of piperidine rings is 1. The molecule has 0 bridgehead atoms. The number of hydrogen-bond donors (Lipinski definition) is 2. The number of carbonyl (C=O) groups excluding carboxylic acids is 2. The van der Waals surface area contributed by atoms with Crippen molar-refractivity contribution in [2.45, 2.75) is 32.7 Å². The van der Waals surface area contributed by atoms with Gasteiger partial charge in [-0.1, -0.05) is 12.1 Å². The van der Waals surface area contributed by atoms with Crippen LogP contribution in [0.4, 0.5) is 16.4 Å². The molecular weight excluding hydrogens is 358 g/mol. The Morgan fingerprint density at radius 3 is 2.75 bits per heavy atom. The number of ether oxygens (including phenoxy) is 1. The third kappa shape index (κ3) is 5.18. The van der Waals surface area contributed by atoms with Crippen LogP contribution in [0, 0.1) is 6.92 Å². The van der Waals surface area contributed by atoms with E-state index in [9.17, 15) is 9.59 Å². The highest BCUT2D eigenvalue weighted by Gasteiger charge is 2.24. The molecule has 3 rings (SSSR count). The van der Waals surface area contributed by atoms with Gasteiger partial charge in [-0.15, -0.1) is 0 Å². The van der Waals surface area contributed by atoms with Crippen LogP contribution in [0.15, 0.2) is 36.5 Å². The van der Waals surface area contributed by atoms with Crippen LogP contribution in [0.25, 0.3) is 0 Å². The highest BCUT2D eigenvalue weighted by Crippen LogP contribution is 2.16. The topological polar surface area (TPSA) is 96.5 Å². The Bertz CT molecular complexity index is 834. The molecule has 1 aliphatic heterocycles. The van der Waals surface area contributed by atoms with E-state index >= 15 is 0 Å². The molecule has 1 aromatic heterocycles. The molecule has 0 aliphatic carbocycles. The van der Waals surface area contributed by atoms with E-state index in [1.54, 1.807) is 24.1 Å². The molecule has 2 amide bonds. The summed E-state index contributed by atoms with van der Waals surface area (Å²) in [5.41, 5.74) is 2.09. The van der Waals surface area contributed by atoms with E-state index in [4.69, 9.17) is 4.74 Å². The second-order valence-corrected chi connectivity index (χ2v) is 6.69. The minimum Gasteiger partial charge on any atom is -0.450 e. The molecular formula is C20H25N5O3. The number of anilines is 2. The maximum atomic E-state index is 12.5. The number of rotatable bonds is 5. The van der Waals surface area contributed by atoms with Crippen LogP contribution in [-0.2, 0) is 4.74 Å². The summed E-state index contributed by atoms with van der Waals surface area (Å²) in [6, 6.07) is 9.31. The van der Waals surface area contributed by atoms with Crippen LogP contribution < -0.4 is 10.6 Å². The number of aryl methyl sites for hydroxylation is 1. The predicted molar refractivity (Wildman–Crippen MR) is 106 cm³/mol. The van der Waals surface area contributed by atoms with Crippen molar-refractivity contribution in [3.8, 4) is 0 Å². The van der Waals surface area contributed by atoms with Gasteiger partial charge in [-0.05, 0) is 50.5 Å². The molecule has 2 heterocycles. The van der Waals surface area contributed by atoms with Gasteiger partial charge in [0, 0.05) is 31.0 Å². The predicted octanol–water partition coefficient (Wildman–Crippen LogP) is 3.07. The monoisotopic (exact) mass is 383 g/mol. The van der Waals surface area contributed by atoms with Crippen molar-refractivity contribution < 1.29 is 14.3 Å². The quantitative estimate of drug-likeness (QED) is 0.824. The van der Waals surface area contributed by atoms with Gasteiger partial charge in [0.15, 0.2) is 0 Å². The van der Waals surface area contributed by atoms with Crippen LogP contribution >= 0.6 is 0 Å². The summed E-state index contributed by atoms with van der Waals surface area (Å²) in [5.74, 6) is 0.125. The van der Waals surface area contributed by atoms with E-state index in [2.05, 4.69) is 20.6 Å². The van der Waals surface area contributed by atoms with Gasteiger partial charge in [-0.3, -0.25) is 4.79 Å². The summed E-state index contributed by atoms with van der Waals surface area (Å²) in [6.07, 6.45) is 2.82. The summed E-state index contributed by atoms with van der Waals surface area (Å²) in [5, 5.41) is 6.10. The van der Waals surface area contributed by atoms with Crippen LogP contribution in [0.3, 0.4) is 0 Å². The lowest BCUT2D eigenvalue weighted by Crippen LogP contribution is -2.42. The van der Waals surface area contributed by atoms with Crippen molar-refractivity contribution in [1.82, 2.24) is 14.9 Å². The van der Waals surface area contributed by atoms with E-state index < -0.39 is 0 Å². The van der Waals surface area contributed by atoms with E-state index in [-0.39, 0.29) is 18.0 Å². The number of likely N-dealkylation sites (tertiary alicyclic amines) is 1. The first-order valence-electron chi connectivity index (χ1n) is 9.44. The van der Waals surface area contributed by atoms with Gasteiger partial charge in [0.2, 0.25) is 5.95 Å². The van der Waals surface area contributed by atoms with Gasteiger partial charge in [0.05, 0.1) is 6.61 Å². The first-order valence-corrected chi connectivity index (χ1v) is 9.44. The van der Waals surface area contributed by atoms with Gasteiger partial charge in [-0.25, -0.2) is 14.8 Å². The SMILES string of the molecule is CCOC(=O)N1CCC(Nc2nccc(C(=O)Nc3cccc(C)c3)n2)CC1. The van der Waals surface area contributed by atoms with Crippen LogP contribution in [0.1, 0.15) is 35.8 Å². The first-order chi connectivity index (χ1) is 13.5. The zero-order valence-corrected chi connectivity index (χ0v) is 16.1. The van der Waals surface area contributed by atoms with Crippen molar-refractivity contribution in [3.63, 3.8) is 0 Å². The number of hydrogen-bond acceptors (Lipinski definition) is 6. The molecule has 8 heteroatoms. The van der Waals surface area contributed by atoms with Crippen LogP contribution in [0.2, 0.25) is 0 Å². The number of benzene rings is 1. The number of aromatic nitrogens is 2. The molecule has 8 nitrogen and oxygen atoms in total. The van der Waals surface area contributed by atoms with Crippen molar-refractivity contribution >= 4 is 23.6 Å². The largest absolute Gasteiger partial charge is 0.450 e. The van der Waals surface area contributed by atoms with Crippen molar-refractivity contribution in [3.05, 3.63) is 47.8 Å². The fraction of sp³-hybridized carbons (Fsp3) is 0.400. The van der Waals surface area contributed by atoms with Crippen molar-refractivity contribution in [1.29, 1.82) is 0 Å². The summed E-state index contributed by atoms with van der Waals surface area (Å²) < 4.78 is 5.03. The van der Waals surface area contributed by atoms with Gasteiger partial charge < -0.3 is 20.3 Å². The van der Waals surface area contributed by atoms with Crippen molar-refractivity contribution in [2.75, 3.05) is 30.3 Å². The number of amides is 2. The maximum Gasteiger partial charge on any atom is 0.409 e. The van der Waals surface area contributed by atoms with E-state index in [1.807, 2.05) is 31.2 Å². The smallest absolute Gasteiger partial charge is 0.409 e. The van der Waals surface area contributed by atoms with Gasteiger partial charge in [0.25, 0.3) is 5.91 Å². The van der Waals surface area contributed by atoms with Crippen molar-refractivity contribution in [2.24, 2.45) is 0 Å². The molecule has 0 unspecified atom stereocenters. The average Bonchev–Trinajstić information content (AvgIpc) is 2.69. The molecule has 28 heavy (non-hydrogen) atoms. The summed E-state index contributed by atoms with van der Waals surface area (Å²) in [4.78, 5) is 34.5. The molecule has 0 spiro atoms. The normalized spacial score (nSPS) is 14.4. The number of nitrogens with one attached hydrogen (secondary N) is 2. The molecule has 0 saturated carbocycles. The molecule has 1 fully saturated rings. The Morgan fingerprint density at radius 2 is 2.04 bits per heavy atom. The summed E-state index contributed by atoms with van der Waals surface area (Å²) in [6.45, 7) is 5.37. The molecule has 2 aromatic rings. The Hall–Kier alpha value is -3.16. The lowest BCUT2D eigenvalue weighted by Gasteiger charge is -2.31. The first kappa shape index (κ1) is 19.6. The average molecular weight is 383 g/mol. The number of nitrogens with zero attached hydrogens (tertiary/aromatic N) is 3. The maximum absolute atomic E-state index is 12.5. The summed E-state index contributed by atoms with van der Waals surface area (Å²) in [7, 11) is 0. The third-order valence-corrected chi connectivity index (χ3v) is 4.52. The Labute approximate surface area is 164 Å². The third-order valence-electron chi connectivity index (χ3n) is 4.52. The second-order valence-electron chi connectivity index (χ2n) is 6.69. The van der Waals surface area contributed by atoms with E-state index in [0.29, 0.717) is 31.3 Å². The lowest BCUT2D eigenvalue weighted by atomic mass is 10.1. The van der Waals surface area contributed by atoms with Gasteiger partial charge in [-0.2, -0.15) is 0 Å². The fourth-order valence-corrected chi connectivity index (χ4v) is 3.08. The summed E-state index contributed by atoms with van der Waals surface area (Å²) >= 11 is 0. The Kier molecular flexibility index (Phi) is 6.41. The Balaban J connectivity index is 1.56. The van der Waals surface area contributed by atoms with E-state index in [1.165, 1.54) is 0 Å².